The average molecular weight is 283 g/mol. The van der Waals surface area contributed by atoms with Gasteiger partial charge in [-0.15, -0.1) is 0 Å². The molecule has 0 aliphatic carbocycles. The van der Waals surface area contributed by atoms with Gasteiger partial charge in [-0.05, 0) is 12.5 Å². The number of nitrogens with one attached hydrogen (secondary N) is 2. The fourth-order valence-electron chi connectivity index (χ4n) is 2.00. The van der Waals surface area contributed by atoms with Gasteiger partial charge >= 0.3 is 6.18 Å². The molecule has 1 atom stereocenters. The highest BCUT2D eigenvalue weighted by Gasteiger charge is 2.29. The summed E-state index contributed by atoms with van der Waals surface area (Å²) in [5, 5.41) is 9.72. The van der Waals surface area contributed by atoms with Crippen LogP contribution in [0.4, 0.5) is 13.2 Å². The first-order chi connectivity index (χ1) is 9.46. The van der Waals surface area contributed by atoms with Crippen molar-refractivity contribution in [2.75, 3.05) is 0 Å². The van der Waals surface area contributed by atoms with Crippen LogP contribution in [0.25, 0.3) is 11.3 Å². The number of rotatable bonds is 5. The lowest BCUT2D eigenvalue weighted by molar-refractivity contribution is -0.139. The van der Waals surface area contributed by atoms with Crippen LogP contribution >= 0.6 is 0 Å². The zero-order valence-electron chi connectivity index (χ0n) is 11.0. The molecule has 1 aromatic carbocycles. The number of H-pyrrole nitrogens is 1. The summed E-state index contributed by atoms with van der Waals surface area (Å²) >= 11 is 0. The fraction of sp³-hybridized carbons (Fsp3) is 0.357. The van der Waals surface area contributed by atoms with Crippen LogP contribution in [-0.4, -0.2) is 22.4 Å². The lowest BCUT2D eigenvalue weighted by Gasteiger charge is -2.15. The first-order valence-electron chi connectivity index (χ1n) is 6.33. The Balaban J connectivity index is 2.00. The summed E-state index contributed by atoms with van der Waals surface area (Å²) in [6.07, 6.45) is -3.35. The van der Waals surface area contributed by atoms with Gasteiger partial charge in [-0.25, -0.2) is 0 Å². The molecule has 1 unspecified atom stereocenters. The lowest BCUT2D eigenvalue weighted by Crippen LogP contribution is -2.30. The number of hydrogen-bond acceptors (Lipinski definition) is 2. The maximum Gasteiger partial charge on any atom is 0.390 e. The SMILES string of the molecule is CC(CC(F)(F)F)NCc1cn[nH]c1-c1ccccc1. The van der Waals surface area contributed by atoms with Crippen molar-refractivity contribution in [2.45, 2.75) is 32.1 Å². The first-order valence-corrected chi connectivity index (χ1v) is 6.33. The van der Waals surface area contributed by atoms with Gasteiger partial charge in [-0.2, -0.15) is 18.3 Å². The molecule has 0 fully saturated rings. The Morgan fingerprint density at radius 3 is 2.60 bits per heavy atom. The summed E-state index contributed by atoms with van der Waals surface area (Å²) in [4.78, 5) is 0. The van der Waals surface area contributed by atoms with Gasteiger partial charge in [0.2, 0.25) is 0 Å². The van der Waals surface area contributed by atoms with Crippen LogP contribution in [0, 0.1) is 0 Å². The van der Waals surface area contributed by atoms with Crippen molar-refractivity contribution in [3.05, 3.63) is 42.1 Å². The quantitative estimate of drug-likeness (QED) is 0.881. The molecular formula is C14H16F3N3. The zero-order valence-corrected chi connectivity index (χ0v) is 11.0. The molecule has 20 heavy (non-hydrogen) atoms. The van der Waals surface area contributed by atoms with E-state index in [2.05, 4.69) is 15.5 Å². The topological polar surface area (TPSA) is 40.7 Å². The van der Waals surface area contributed by atoms with Gasteiger partial charge in [0.05, 0.1) is 18.3 Å². The van der Waals surface area contributed by atoms with Crippen molar-refractivity contribution >= 4 is 0 Å². The Kier molecular flexibility index (Phi) is 4.44. The third kappa shape index (κ3) is 4.09. The summed E-state index contributed by atoms with van der Waals surface area (Å²) in [5.74, 6) is 0. The molecule has 0 bridgehead atoms. The Morgan fingerprint density at radius 2 is 1.95 bits per heavy atom. The van der Waals surface area contributed by atoms with Crippen molar-refractivity contribution in [3.63, 3.8) is 0 Å². The second-order valence-electron chi connectivity index (χ2n) is 4.74. The molecule has 2 N–H and O–H groups in total. The minimum absolute atomic E-state index is 0.345. The Hall–Kier alpha value is -1.82. The van der Waals surface area contributed by atoms with Crippen LogP contribution in [0.5, 0.6) is 0 Å². The van der Waals surface area contributed by atoms with Crippen LogP contribution in [0.1, 0.15) is 18.9 Å². The van der Waals surface area contributed by atoms with Gasteiger partial charge in [0.1, 0.15) is 0 Å². The second-order valence-corrected chi connectivity index (χ2v) is 4.74. The van der Waals surface area contributed by atoms with Crippen molar-refractivity contribution in [1.29, 1.82) is 0 Å². The average Bonchev–Trinajstić information content (AvgIpc) is 2.83. The predicted octanol–water partition coefficient (Wildman–Crippen LogP) is 3.51. The lowest BCUT2D eigenvalue weighted by atomic mass is 10.1. The van der Waals surface area contributed by atoms with E-state index in [0.717, 1.165) is 16.8 Å². The van der Waals surface area contributed by atoms with E-state index in [9.17, 15) is 13.2 Å². The van der Waals surface area contributed by atoms with Crippen LogP contribution < -0.4 is 5.32 Å². The van der Waals surface area contributed by atoms with E-state index in [4.69, 9.17) is 0 Å². The van der Waals surface area contributed by atoms with E-state index in [1.165, 1.54) is 6.92 Å². The van der Waals surface area contributed by atoms with Crippen LogP contribution in [0.15, 0.2) is 36.5 Å². The van der Waals surface area contributed by atoms with E-state index in [0.29, 0.717) is 6.54 Å². The summed E-state index contributed by atoms with van der Waals surface area (Å²) in [7, 11) is 0. The van der Waals surface area contributed by atoms with E-state index in [1.807, 2.05) is 30.3 Å². The molecule has 3 nitrogen and oxygen atoms in total. The summed E-state index contributed by atoms with van der Waals surface area (Å²) in [5.41, 5.74) is 2.65. The van der Waals surface area contributed by atoms with Gasteiger partial charge in [-0.1, -0.05) is 30.3 Å². The molecule has 0 spiro atoms. The maximum atomic E-state index is 12.3. The normalized spacial score (nSPS) is 13.4. The Bertz CT molecular complexity index is 534. The summed E-state index contributed by atoms with van der Waals surface area (Å²) < 4.78 is 36.8. The first kappa shape index (κ1) is 14.6. The molecule has 0 saturated heterocycles. The number of aromatic amines is 1. The zero-order chi connectivity index (χ0) is 14.6. The molecule has 108 valence electrons. The van der Waals surface area contributed by atoms with Gasteiger partial charge < -0.3 is 5.32 Å². The van der Waals surface area contributed by atoms with Gasteiger partial charge in [0, 0.05) is 18.2 Å². The molecule has 0 radical (unpaired) electrons. The fourth-order valence-corrected chi connectivity index (χ4v) is 2.00. The number of nitrogens with zero attached hydrogens (tertiary/aromatic N) is 1. The monoisotopic (exact) mass is 283 g/mol. The van der Waals surface area contributed by atoms with Crippen LogP contribution in [0.2, 0.25) is 0 Å². The standard InChI is InChI=1S/C14H16F3N3/c1-10(7-14(15,16)17)18-8-12-9-19-20-13(12)11-5-3-2-4-6-11/h2-6,9-10,18H,7-8H2,1H3,(H,19,20). The minimum atomic E-state index is -4.15. The third-order valence-corrected chi connectivity index (χ3v) is 2.96. The molecule has 1 aromatic heterocycles. The van der Waals surface area contributed by atoms with Gasteiger partial charge in [0.25, 0.3) is 0 Å². The highest BCUT2D eigenvalue weighted by atomic mass is 19.4. The van der Waals surface area contributed by atoms with Gasteiger partial charge in [0.15, 0.2) is 0 Å². The molecule has 0 amide bonds. The van der Waals surface area contributed by atoms with Crippen molar-refractivity contribution in [2.24, 2.45) is 0 Å². The number of halogens is 3. The molecular weight excluding hydrogens is 267 g/mol. The maximum absolute atomic E-state index is 12.3. The highest BCUT2D eigenvalue weighted by molar-refractivity contribution is 5.62. The van der Waals surface area contributed by atoms with E-state index >= 15 is 0 Å². The highest BCUT2D eigenvalue weighted by Crippen LogP contribution is 2.23. The predicted molar refractivity (Wildman–Crippen MR) is 71.0 cm³/mol. The second kappa shape index (κ2) is 6.09. The molecule has 0 aliphatic rings. The minimum Gasteiger partial charge on any atom is -0.310 e. The smallest absolute Gasteiger partial charge is 0.310 e. The molecule has 2 aromatic rings. The number of alkyl halides is 3. The number of benzene rings is 1. The van der Waals surface area contributed by atoms with E-state index < -0.39 is 18.6 Å². The van der Waals surface area contributed by atoms with Crippen molar-refractivity contribution < 1.29 is 13.2 Å². The third-order valence-electron chi connectivity index (χ3n) is 2.96. The van der Waals surface area contributed by atoms with Crippen molar-refractivity contribution in [3.8, 4) is 11.3 Å². The van der Waals surface area contributed by atoms with E-state index in [-0.39, 0.29) is 0 Å². The summed E-state index contributed by atoms with van der Waals surface area (Å²) in [6.45, 7) is 1.87. The molecule has 2 rings (SSSR count). The Labute approximate surface area is 115 Å². The number of hydrogen-bond donors (Lipinski definition) is 2. The van der Waals surface area contributed by atoms with Crippen LogP contribution in [0.3, 0.4) is 0 Å². The number of aromatic nitrogens is 2. The van der Waals surface area contributed by atoms with Crippen molar-refractivity contribution in [1.82, 2.24) is 15.5 Å². The molecule has 0 aliphatic heterocycles. The van der Waals surface area contributed by atoms with E-state index in [1.54, 1.807) is 6.20 Å². The molecule has 1 heterocycles. The Morgan fingerprint density at radius 1 is 1.25 bits per heavy atom. The molecule has 0 saturated carbocycles. The molecule has 6 heteroatoms. The largest absolute Gasteiger partial charge is 0.390 e. The van der Waals surface area contributed by atoms with Gasteiger partial charge in [-0.3, -0.25) is 5.10 Å². The summed E-state index contributed by atoms with van der Waals surface area (Å²) in [6, 6.07) is 8.93. The van der Waals surface area contributed by atoms with Crippen LogP contribution in [-0.2, 0) is 6.54 Å².